The number of guanidine groups is 1. The van der Waals surface area contributed by atoms with Gasteiger partial charge in [-0.1, -0.05) is 31.2 Å². The van der Waals surface area contributed by atoms with Crippen LogP contribution in [0.1, 0.15) is 50.7 Å². The van der Waals surface area contributed by atoms with Crippen LogP contribution in [0.2, 0.25) is 0 Å². The molecule has 1 aromatic carbocycles. The van der Waals surface area contributed by atoms with E-state index in [4.69, 9.17) is 10.5 Å². The van der Waals surface area contributed by atoms with Crippen molar-refractivity contribution in [3.8, 4) is 0 Å². The number of halogens is 1. The maximum absolute atomic E-state index is 11.8. The Morgan fingerprint density at radius 1 is 1.19 bits per heavy atom. The maximum atomic E-state index is 11.8. The van der Waals surface area contributed by atoms with Crippen LogP contribution in [0.3, 0.4) is 0 Å². The van der Waals surface area contributed by atoms with Crippen LogP contribution < -0.4 is 11.1 Å². The summed E-state index contributed by atoms with van der Waals surface area (Å²) in [6.07, 6.45) is 4.09. The Kier molecular flexibility index (Phi) is 10.9. The third-order valence-corrected chi connectivity index (χ3v) is 6.05. The monoisotopic (exact) mass is 543 g/mol. The lowest BCUT2D eigenvalue weighted by Gasteiger charge is -2.32. The number of carbonyl (C=O) groups excluding carboxylic acids is 1. The lowest BCUT2D eigenvalue weighted by molar-refractivity contribution is 0.0963. The van der Waals surface area contributed by atoms with Gasteiger partial charge in [0.1, 0.15) is 0 Å². The van der Waals surface area contributed by atoms with Crippen LogP contribution in [0.5, 0.6) is 0 Å². The Morgan fingerprint density at radius 2 is 1.90 bits per heavy atom. The van der Waals surface area contributed by atoms with Crippen molar-refractivity contribution < 1.29 is 9.53 Å². The molecule has 0 spiro atoms. The van der Waals surface area contributed by atoms with Crippen molar-refractivity contribution in [3.63, 3.8) is 0 Å². The number of nitrogens with two attached hydrogens (primary N) is 1. The van der Waals surface area contributed by atoms with Gasteiger partial charge in [-0.25, -0.2) is 9.79 Å². The van der Waals surface area contributed by atoms with E-state index in [9.17, 15) is 4.79 Å². The predicted molar refractivity (Wildman–Crippen MR) is 136 cm³/mol. The van der Waals surface area contributed by atoms with E-state index in [-0.39, 0.29) is 36.1 Å². The molecule has 1 amide bonds. The summed E-state index contributed by atoms with van der Waals surface area (Å²) in [5, 5.41) is 3.33. The topological polar surface area (TPSA) is 83.2 Å². The first-order valence-corrected chi connectivity index (χ1v) is 11.3. The minimum Gasteiger partial charge on any atom is -0.450 e. The molecule has 0 saturated carbocycles. The van der Waals surface area contributed by atoms with Crippen molar-refractivity contribution in [2.75, 3.05) is 32.8 Å². The van der Waals surface area contributed by atoms with Gasteiger partial charge < -0.3 is 20.7 Å². The van der Waals surface area contributed by atoms with Crippen molar-refractivity contribution in [1.29, 1.82) is 0 Å². The predicted octanol–water partition coefficient (Wildman–Crippen LogP) is 3.56. The van der Waals surface area contributed by atoms with Crippen molar-refractivity contribution in [2.45, 2.75) is 58.7 Å². The van der Waals surface area contributed by atoms with Gasteiger partial charge in [-0.2, -0.15) is 0 Å². The number of nitrogens with one attached hydrogen (secondary N) is 1. The Morgan fingerprint density at radius 3 is 2.58 bits per heavy atom. The molecule has 0 aromatic heterocycles. The summed E-state index contributed by atoms with van der Waals surface area (Å²) in [4.78, 5) is 20.7. The highest BCUT2D eigenvalue weighted by Crippen LogP contribution is 2.20. The average molecular weight is 543 g/mol. The summed E-state index contributed by atoms with van der Waals surface area (Å²) in [6.45, 7) is 9.86. The van der Waals surface area contributed by atoms with Crippen LogP contribution >= 0.6 is 24.0 Å². The number of nitrogens with zero attached hydrogens (tertiary/aromatic N) is 3. The molecule has 1 atom stereocenters. The molecule has 2 aliphatic rings. The van der Waals surface area contributed by atoms with Crippen molar-refractivity contribution >= 4 is 36.0 Å². The zero-order chi connectivity index (χ0) is 21.3. The van der Waals surface area contributed by atoms with Crippen molar-refractivity contribution in [2.24, 2.45) is 16.6 Å². The molecule has 2 saturated heterocycles. The summed E-state index contributed by atoms with van der Waals surface area (Å²) in [6, 6.07) is 8.77. The van der Waals surface area contributed by atoms with Gasteiger partial charge in [0, 0.05) is 32.2 Å². The van der Waals surface area contributed by atoms with Gasteiger partial charge in [0.15, 0.2) is 5.96 Å². The number of rotatable bonds is 6. The molecule has 0 aliphatic carbocycles. The van der Waals surface area contributed by atoms with Crippen LogP contribution in [0.4, 0.5) is 4.79 Å². The Hall–Kier alpha value is -1.55. The number of hydrogen-bond donors (Lipinski definition) is 2. The lowest BCUT2D eigenvalue weighted by Crippen LogP contribution is -2.48. The fourth-order valence-electron chi connectivity index (χ4n) is 4.38. The number of ether oxygens (including phenoxy) is 1. The molecular weight excluding hydrogens is 505 g/mol. The molecule has 0 bridgehead atoms. The van der Waals surface area contributed by atoms with E-state index in [2.05, 4.69) is 46.4 Å². The van der Waals surface area contributed by atoms with Gasteiger partial charge in [0.25, 0.3) is 0 Å². The van der Waals surface area contributed by atoms with Crippen LogP contribution in [0, 0.1) is 5.92 Å². The maximum Gasteiger partial charge on any atom is 0.409 e. The number of benzene rings is 1. The molecule has 1 aromatic rings. The summed E-state index contributed by atoms with van der Waals surface area (Å²) in [5.74, 6) is 1.25. The van der Waals surface area contributed by atoms with Gasteiger partial charge >= 0.3 is 6.09 Å². The molecule has 1 unspecified atom stereocenters. The normalized spacial score (nSPS) is 20.8. The number of carbonyl (C=O) groups is 1. The third-order valence-electron chi connectivity index (χ3n) is 6.05. The molecule has 3 rings (SSSR count). The first-order valence-electron chi connectivity index (χ1n) is 11.3. The minimum absolute atomic E-state index is 0. The van der Waals surface area contributed by atoms with E-state index in [0.29, 0.717) is 32.2 Å². The van der Waals surface area contributed by atoms with E-state index in [0.717, 1.165) is 25.3 Å². The molecule has 31 heavy (non-hydrogen) atoms. The molecular formula is C23H38IN5O2. The van der Waals surface area contributed by atoms with E-state index >= 15 is 0 Å². The standard InChI is InChI=1S/C23H37N5O2.HI/c1-3-30-23(29)28-13-10-21(11-14-28)26-22(24)25-15-19-8-4-5-9-20(19)17-27-12-6-7-18(2)16-27;/h4-5,8-9,18,21H,3,6-7,10-17H2,1-2H3,(H3,24,25,26);1H. The van der Waals surface area contributed by atoms with Gasteiger partial charge in [0.05, 0.1) is 13.2 Å². The fourth-order valence-corrected chi connectivity index (χ4v) is 4.38. The van der Waals surface area contributed by atoms with Gasteiger partial charge in [0.2, 0.25) is 0 Å². The summed E-state index contributed by atoms with van der Waals surface area (Å²) < 4.78 is 5.07. The highest BCUT2D eigenvalue weighted by molar-refractivity contribution is 14.0. The first kappa shape index (κ1) is 25.7. The van der Waals surface area contributed by atoms with Crippen LogP contribution in [0.15, 0.2) is 29.3 Å². The second kappa shape index (κ2) is 13.1. The van der Waals surface area contributed by atoms with Crippen LogP contribution in [0.25, 0.3) is 0 Å². The van der Waals surface area contributed by atoms with E-state index in [1.807, 2.05) is 6.92 Å². The molecule has 2 aliphatic heterocycles. The summed E-state index contributed by atoms with van der Waals surface area (Å²) >= 11 is 0. The van der Waals surface area contributed by atoms with Gasteiger partial charge in [-0.15, -0.1) is 24.0 Å². The van der Waals surface area contributed by atoms with Crippen molar-refractivity contribution in [3.05, 3.63) is 35.4 Å². The number of piperidine rings is 2. The second-order valence-electron chi connectivity index (χ2n) is 8.56. The molecule has 174 valence electrons. The second-order valence-corrected chi connectivity index (χ2v) is 8.56. The minimum atomic E-state index is -0.225. The molecule has 2 heterocycles. The SMILES string of the molecule is CCOC(=O)N1CCC(NC(N)=NCc2ccccc2CN2CCCC(C)C2)CC1.I. The quantitative estimate of drug-likeness (QED) is 0.326. The number of hydrogen-bond acceptors (Lipinski definition) is 4. The van der Waals surface area contributed by atoms with Crippen LogP contribution in [-0.4, -0.2) is 60.7 Å². The van der Waals surface area contributed by atoms with E-state index in [1.165, 1.54) is 37.1 Å². The highest BCUT2D eigenvalue weighted by atomic mass is 127. The van der Waals surface area contributed by atoms with Crippen molar-refractivity contribution in [1.82, 2.24) is 15.1 Å². The van der Waals surface area contributed by atoms with E-state index < -0.39 is 0 Å². The highest BCUT2D eigenvalue weighted by Gasteiger charge is 2.23. The van der Waals surface area contributed by atoms with E-state index in [1.54, 1.807) is 4.90 Å². The zero-order valence-corrected chi connectivity index (χ0v) is 21.2. The Balaban J connectivity index is 0.00000341. The zero-order valence-electron chi connectivity index (χ0n) is 18.9. The largest absolute Gasteiger partial charge is 0.450 e. The van der Waals surface area contributed by atoms with Gasteiger partial charge in [-0.3, -0.25) is 4.90 Å². The van der Waals surface area contributed by atoms with Gasteiger partial charge in [-0.05, 0) is 56.2 Å². The molecule has 3 N–H and O–H groups in total. The Labute approximate surface area is 203 Å². The molecule has 7 nitrogen and oxygen atoms in total. The smallest absolute Gasteiger partial charge is 0.409 e. The first-order chi connectivity index (χ1) is 14.5. The van der Waals surface area contributed by atoms with Crippen LogP contribution in [-0.2, 0) is 17.8 Å². The summed E-state index contributed by atoms with van der Waals surface area (Å²) in [7, 11) is 0. The Bertz CT molecular complexity index is 722. The molecule has 0 radical (unpaired) electrons. The molecule has 8 heteroatoms. The lowest BCUT2D eigenvalue weighted by atomic mass is 9.99. The number of amides is 1. The number of likely N-dealkylation sites (tertiary alicyclic amines) is 2. The molecule has 2 fully saturated rings. The average Bonchev–Trinajstić information content (AvgIpc) is 2.74. The number of aliphatic imine (C=N–C) groups is 1. The summed E-state index contributed by atoms with van der Waals surface area (Å²) in [5.41, 5.74) is 8.74. The fraction of sp³-hybridized carbons (Fsp3) is 0.652. The third kappa shape index (κ3) is 8.14.